The van der Waals surface area contributed by atoms with Crippen molar-refractivity contribution in [2.75, 3.05) is 6.54 Å². The predicted octanol–water partition coefficient (Wildman–Crippen LogP) is 2.22. The number of hydrogen-bond acceptors (Lipinski definition) is 3. The van der Waals surface area contributed by atoms with Crippen LogP contribution in [0.3, 0.4) is 0 Å². The molecule has 3 N–H and O–H groups in total. The quantitative estimate of drug-likeness (QED) is 0.823. The number of nitrogens with zero attached hydrogens (tertiary/aromatic N) is 1. The van der Waals surface area contributed by atoms with Crippen molar-refractivity contribution in [2.24, 2.45) is 11.1 Å². The van der Waals surface area contributed by atoms with E-state index in [1.54, 1.807) is 4.90 Å². The molecule has 0 spiro atoms. The van der Waals surface area contributed by atoms with Crippen molar-refractivity contribution in [2.45, 2.75) is 83.8 Å². The molecule has 2 aliphatic rings. The van der Waals surface area contributed by atoms with Gasteiger partial charge in [-0.15, -0.1) is 12.4 Å². The number of nitrogens with one attached hydrogen (secondary N) is 1. The molecule has 2 amide bonds. The molecular formula is C17H32ClN3O2. The Morgan fingerprint density at radius 2 is 1.74 bits per heavy atom. The highest BCUT2D eigenvalue weighted by molar-refractivity contribution is 5.88. The average molecular weight is 346 g/mol. The van der Waals surface area contributed by atoms with Gasteiger partial charge in [0.2, 0.25) is 11.8 Å². The molecule has 1 aliphatic carbocycles. The van der Waals surface area contributed by atoms with E-state index in [0.29, 0.717) is 13.0 Å². The lowest BCUT2D eigenvalue weighted by atomic mass is 9.91. The predicted molar refractivity (Wildman–Crippen MR) is 94.4 cm³/mol. The van der Waals surface area contributed by atoms with Gasteiger partial charge in [0.05, 0.1) is 0 Å². The molecule has 23 heavy (non-hydrogen) atoms. The van der Waals surface area contributed by atoms with E-state index in [-0.39, 0.29) is 47.8 Å². The standard InChI is InChI=1S/C17H31N3O2.ClH/c1-17(2,3)11-15(21)20-10-4-5-14(20)16(22)19-13-8-6-12(18)7-9-13;/h12-14H,4-11,18H2,1-3H3,(H,19,22);1H. The molecular weight excluding hydrogens is 314 g/mol. The Morgan fingerprint density at radius 1 is 1.13 bits per heavy atom. The number of rotatable bonds is 3. The maximum Gasteiger partial charge on any atom is 0.243 e. The molecule has 0 radical (unpaired) electrons. The summed E-state index contributed by atoms with van der Waals surface area (Å²) in [5.41, 5.74) is 5.86. The van der Waals surface area contributed by atoms with Crippen LogP contribution in [0, 0.1) is 5.41 Å². The number of carbonyl (C=O) groups excluding carboxylic acids is 2. The van der Waals surface area contributed by atoms with Crippen molar-refractivity contribution in [1.29, 1.82) is 0 Å². The van der Waals surface area contributed by atoms with Crippen LogP contribution >= 0.6 is 12.4 Å². The minimum atomic E-state index is -0.273. The first-order valence-corrected chi connectivity index (χ1v) is 8.62. The summed E-state index contributed by atoms with van der Waals surface area (Å²) in [6.07, 6.45) is 6.06. The molecule has 1 saturated heterocycles. The van der Waals surface area contributed by atoms with Gasteiger partial charge in [-0.3, -0.25) is 9.59 Å². The van der Waals surface area contributed by atoms with Gasteiger partial charge in [-0.05, 0) is 43.9 Å². The first kappa shape index (κ1) is 20.2. The second-order valence-corrected chi connectivity index (χ2v) is 8.10. The molecule has 0 bridgehead atoms. The molecule has 1 unspecified atom stereocenters. The number of hydrogen-bond donors (Lipinski definition) is 2. The minimum absolute atomic E-state index is 0. The monoisotopic (exact) mass is 345 g/mol. The van der Waals surface area contributed by atoms with Gasteiger partial charge in [-0.2, -0.15) is 0 Å². The van der Waals surface area contributed by atoms with Crippen LogP contribution in [0.1, 0.15) is 65.7 Å². The first-order valence-electron chi connectivity index (χ1n) is 8.62. The van der Waals surface area contributed by atoms with Crippen LogP contribution in [-0.4, -0.2) is 41.4 Å². The van der Waals surface area contributed by atoms with Gasteiger partial charge in [0.15, 0.2) is 0 Å². The van der Waals surface area contributed by atoms with E-state index in [1.165, 1.54) is 0 Å². The number of likely N-dealkylation sites (tertiary alicyclic amines) is 1. The van der Waals surface area contributed by atoms with Crippen molar-refractivity contribution in [3.63, 3.8) is 0 Å². The van der Waals surface area contributed by atoms with E-state index in [4.69, 9.17) is 5.73 Å². The molecule has 0 aromatic carbocycles. The normalized spacial score (nSPS) is 28.2. The maximum atomic E-state index is 12.5. The fourth-order valence-corrected chi connectivity index (χ4v) is 3.45. The van der Waals surface area contributed by atoms with Crippen molar-refractivity contribution in [3.05, 3.63) is 0 Å². The van der Waals surface area contributed by atoms with Crippen LogP contribution in [0.15, 0.2) is 0 Å². The Balaban J connectivity index is 0.00000264. The van der Waals surface area contributed by atoms with E-state index in [2.05, 4.69) is 26.1 Å². The van der Waals surface area contributed by atoms with Gasteiger partial charge in [-0.1, -0.05) is 20.8 Å². The molecule has 5 nitrogen and oxygen atoms in total. The van der Waals surface area contributed by atoms with Gasteiger partial charge in [-0.25, -0.2) is 0 Å². The van der Waals surface area contributed by atoms with Crippen LogP contribution < -0.4 is 11.1 Å². The molecule has 1 saturated carbocycles. The van der Waals surface area contributed by atoms with E-state index in [9.17, 15) is 9.59 Å². The Morgan fingerprint density at radius 3 is 2.30 bits per heavy atom. The van der Waals surface area contributed by atoms with E-state index >= 15 is 0 Å². The zero-order valence-corrected chi connectivity index (χ0v) is 15.5. The zero-order valence-electron chi connectivity index (χ0n) is 14.6. The Kier molecular flexibility index (Phi) is 7.33. The summed E-state index contributed by atoms with van der Waals surface area (Å²) in [4.78, 5) is 26.8. The number of carbonyl (C=O) groups is 2. The molecule has 0 aromatic heterocycles. The van der Waals surface area contributed by atoms with Crippen molar-refractivity contribution in [3.8, 4) is 0 Å². The van der Waals surface area contributed by atoms with E-state index in [0.717, 1.165) is 38.5 Å². The van der Waals surface area contributed by atoms with Crippen molar-refractivity contribution >= 4 is 24.2 Å². The maximum absolute atomic E-state index is 12.5. The molecule has 1 atom stereocenters. The summed E-state index contributed by atoms with van der Waals surface area (Å²) in [7, 11) is 0. The molecule has 1 aliphatic heterocycles. The second-order valence-electron chi connectivity index (χ2n) is 8.10. The highest BCUT2D eigenvalue weighted by Crippen LogP contribution is 2.25. The van der Waals surface area contributed by atoms with Gasteiger partial charge < -0.3 is 16.0 Å². The summed E-state index contributed by atoms with van der Waals surface area (Å²) in [6, 6.07) is 0.238. The van der Waals surface area contributed by atoms with Gasteiger partial charge in [0.25, 0.3) is 0 Å². The fourth-order valence-electron chi connectivity index (χ4n) is 3.45. The summed E-state index contributed by atoms with van der Waals surface area (Å²) >= 11 is 0. The largest absolute Gasteiger partial charge is 0.352 e. The van der Waals surface area contributed by atoms with Crippen LogP contribution in [-0.2, 0) is 9.59 Å². The minimum Gasteiger partial charge on any atom is -0.352 e. The summed E-state index contributed by atoms with van der Waals surface area (Å²) in [6.45, 7) is 6.88. The van der Waals surface area contributed by atoms with Crippen LogP contribution in [0.5, 0.6) is 0 Å². The lowest BCUT2D eigenvalue weighted by Gasteiger charge is -2.31. The van der Waals surface area contributed by atoms with Crippen LogP contribution in [0.2, 0.25) is 0 Å². The SMILES string of the molecule is CC(C)(C)CC(=O)N1CCCC1C(=O)NC1CCC(N)CC1.Cl. The second kappa shape index (κ2) is 8.34. The topological polar surface area (TPSA) is 75.4 Å². The summed E-state index contributed by atoms with van der Waals surface area (Å²) < 4.78 is 0. The molecule has 6 heteroatoms. The van der Waals surface area contributed by atoms with E-state index < -0.39 is 0 Å². The third kappa shape index (κ3) is 5.96. The third-order valence-corrected chi connectivity index (χ3v) is 4.68. The van der Waals surface area contributed by atoms with Crippen molar-refractivity contribution < 1.29 is 9.59 Å². The smallest absolute Gasteiger partial charge is 0.243 e. The zero-order chi connectivity index (χ0) is 16.3. The molecule has 2 fully saturated rings. The van der Waals surface area contributed by atoms with Crippen molar-refractivity contribution in [1.82, 2.24) is 10.2 Å². The Hall–Kier alpha value is -0.810. The molecule has 1 heterocycles. The third-order valence-electron chi connectivity index (χ3n) is 4.68. The molecule has 134 valence electrons. The first-order chi connectivity index (χ1) is 10.3. The van der Waals surface area contributed by atoms with E-state index in [1.807, 2.05) is 0 Å². The number of halogens is 1. The highest BCUT2D eigenvalue weighted by atomic mass is 35.5. The molecule has 2 rings (SSSR count). The molecule has 0 aromatic rings. The van der Waals surface area contributed by atoms with Gasteiger partial charge >= 0.3 is 0 Å². The fraction of sp³-hybridized carbons (Fsp3) is 0.882. The lowest BCUT2D eigenvalue weighted by Crippen LogP contribution is -2.50. The number of nitrogens with two attached hydrogens (primary N) is 1. The van der Waals surface area contributed by atoms with Crippen LogP contribution in [0.25, 0.3) is 0 Å². The number of amides is 2. The lowest BCUT2D eigenvalue weighted by molar-refractivity contribution is -0.140. The van der Waals surface area contributed by atoms with Gasteiger partial charge in [0.1, 0.15) is 6.04 Å². The summed E-state index contributed by atoms with van der Waals surface area (Å²) in [5, 5.41) is 3.14. The summed E-state index contributed by atoms with van der Waals surface area (Å²) in [5.74, 6) is 0.135. The van der Waals surface area contributed by atoms with Crippen LogP contribution in [0.4, 0.5) is 0 Å². The highest BCUT2D eigenvalue weighted by Gasteiger charge is 2.36. The Labute approximate surface area is 146 Å². The Bertz CT molecular complexity index is 415. The van der Waals surface area contributed by atoms with Gasteiger partial charge in [0, 0.05) is 25.0 Å². The average Bonchev–Trinajstić information content (AvgIpc) is 2.89.